The van der Waals surface area contributed by atoms with Crippen LogP contribution in [0, 0.1) is 11.8 Å². The zero-order chi connectivity index (χ0) is 14.0. The van der Waals surface area contributed by atoms with Crippen molar-refractivity contribution in [1.82, 2.24) is 4.90 Å². The first-order chi connectivity index (χ1) is 9.02. The van der Waals surface area contributed by atoms with E-state index in [2.05, 4.69) is 13.8 Å². The maximum Gasteiger partial charge on any atom is 0.225 e. The lowest BCUT2D eigenvalue weighted by atomic mass is 9.83. The van der Waals surface area contributed by atoms with Gasteiger partial charge in [0.15, 0.2) is 0 Å². The molecule has 0 bridgehead atoms. The van der Waals surface area contributed by atoms with Crippen LogP contribution in [0.1, 0.15) is 44.7 Å². The Morgan fingerprint density at radius 3 is 2.42 bits per heavy atom. The SMILES string of the molecule is CC(C)C(c1ccccc1Cl)N(C)C(=O)C1CCC1. The minimum absolute atomic E-state index is 0.0572. The van der Waals surface area contributed by atoms with Gasteiger partial charge in [0.05, 0.1) is 6.04 Å². The molecule has 1 atom stereocenters. The third kappa shape index (κ3) is 2.94. The molecule has 104 valence electrons. The van der Waals surface area contributed by atoms with E-state index in [9.17, 15) is 4.79 Å². The summed E-state index contributed by atoms with van der Waals surface area (Å²) in [5.74, 6) is 0.840. The maximum atomic E-state index is 12.4. The van der Waals surface area contributed by atoms with E-state index in [1.54, 1.807) is 0 Å². The molecule has 19 heavy (non-hydrogen) atoms. The summed E-state index contributed by atoms with van der Waals surface area (Å²) in [6.45, 7) is 4.27. The number of amides is 1. The predicted octanol–water partition coefficient (Wildman–Crippen LogP) is 4.30. The number of carbonyl (C=O) groups is 1. The Hall–Kier alpha value is -1.02. The van der Waals surface area contributed by atoms with Crippen molar-refractivity contribution in [3.8, 4) is 0 Å². The van der Waals surface area contributed by atoms with E-state index < -0.39 is 0 Å². The van der Waals surface area contributed by atoms with Crippen molar-refractivity contribution in [1.29, 1.82) is 0 Å². The van der Waals surface area contributed by atoms with Gasteiger partial charge in [0.2, 0.25) is 5.91 Å². The highest BCUT2D eigenvalue weighted by molar-refractivity contribution is 6.31. The Bertz CT molecular complexity index is 454. The fourth-order valence-electron chi connectivity index (χ4n) is 2.81. The average molecular weight is 280 g/mol. The van der Waals surface area contributed by atoms with Crippen LogP contribution in [0.25, 0.3) is 0 Å². The van der Waals surface area contributed by atoms with Gasteiger partial charge in [0.25, 0.3) is 0 Å². The van der Waals surface area contributed by atoms with Crippen molar-refractivity contribution >= 4 is 17.5 Å². The molecule has 0 spiro atoms. The normalized spacial score (nSPS) is 17.1. The van der Waals surface area contributed by atoms with Gasteiger partial charge < -0.3 is 4.90 Å². The minimum Gasteiger partial charge on any atom is -0.338 e. The summed E-state index contributed by atoms with van der Waals surface area (Å²) < 4.78 is 0. The van der Waals surface area contributed by atoms with Crippen molar-refractivity contribution in [2.24, 2.45) is 11.8 Å². The third-order valence-corrected chi connectivity index (χ3v) is 4.42. The fraction of sp³-hybridized carbons (Fsp3) is 0.562. The van der Waals surface area contributed by atoms with Crippen LogP contribution in [-0.4, -0.2) is 17.9 Å². The van der Waals surface area contributed by atoms with Crippen molar-refractivity contribution < 1.29 is 4.79 Å². The lowest BCUT2D eigenvalue weighted by molar-refractivity contribution is -0.140. The quantitative estimate of drug-likeness (QED) is 0.805. The molecule has 0 heterocycles. The monoisotopic (exact) mass is 279 g/mol. The van der Waals surface area contributed by atoms with Gasteiger partial charge in [-0.1, -0.05) is 50.1 Å². The molecule has 1 saturated carbocycles. The topological polar surface area (TPSA) is 20.3 Å². The highest BCUT2D eigenvalue weighted by atomic mass is 35.5. The lowest BCUT2D eigenvalue weighted by Crippen LogP contribution is -2.40. The second-order valence-electron chi connectivity index (χ2n) is 5.79. The summed E-state index contributed by atoms with van der Waals surface area (Å²) in [7, 11) is 1.91. The Labute approximate surface area is 120 Å². The largest absolute Gasteiger partial charge is 0.338 e. The summed E-state index contributed by atoms with van der Waals surface area (Å²) in [4.78, 5) is 14.3. The van der Waals surface area contributed by atoms with Crippen molar-refractivity contribution in [3.63, 3.8) is 0 Å². The van der Waals surface area contributed by atoms with E-state index in [1.165, 1.54) is 6.42 Å². The molecule has 1 fully saturated rings. The molecule has 1 aromatic carbocycles. The molecule has 2 rings (SSSR count). The highest BCUT2D eigenvalue weighted by Crippen LogP contribution is 2.36. The molecule has 0 N–H and O–H groups in total. The molecular weight excluding hydrogens is 258 g/mol. The van der Waals surface area contributed by atoms with E-state index in [0.29, 0.717) is 5.92 Å². The first-order valence-corrected chi connectivity index (χ1v) is 7.41. The van der Waals surface area contributed by atoms with E-state index >= 15 is 0 Å². The second-order valence-corrected chi connectivity index (χ2v) is 6.19. The number of benzene rings is 1. The Morgan fingerprint density at radius 1 is 1.32 bits per heavy atom. The van der Waals surface area contributed by atoms with Gasteiger partial charge in [-0.3, -0.25) is 4.79 Å². The number of hydrogen-bond donors (Lipinski definition) is 0. The molecule has 1 aliphatic rings. The third-order valence-electron chi connectivity index (χ3n) is 4.07. The van der Waals surface area contributed by atoms with Gasteiger partial charge >= 0.3 is 0 Å². The smallest absolute Gasteiger partial charge is 0.225 e. The molecular formula is C16H22ClNO. The Balaban J connectivity index is 2.25. The van der Waals surface area contributed by atoms with Gasteiger partial charge in [0.1, 0.15) is 0 Å². The number of hydrogen-bond acceptors (Lipinski definition) is 1. The summed E-state index contributed by atoms with van der Waals surface area (Å²) in [5, 5.41) is 0.745. The highest BCUT2D eigenvalue weighted by Gasteiger charge is 2.33. The van der Waals surface area contributed by atoms with Gasteiger partial charge in [0, 0.05) is 18.0 Å². The molecule has 0 aromatic heterocycles. The summed E-state index contributed by atoms with van der Waals surface area (Å²) in [5.41, 5.74) is 1.05. The predicted molar refractivity (Wildman–Crippen MR) is 79.1 cm³/mol. The molecule has 0 saturated heterocycles. The van der Waals surface area contributed by atoms with Crippen LogP contribution >= 0.6 is 11.6 Å². The van der Waals surface area contributed by atoms with E-state index in [-0.39, 0.29) is 17.9 Å². The van der Waals surface area contributed by atoms with Gasteiger partial charge in [-0.2, -0.15) is 0 Å². The van der Waals surface area contributed by atoms with Crippen LogP contribution in [0.4, 0.5) is 0 Å². The molecule has 1 aromatic rings. The molecule has 1 amide bonds. The zero-order valence-electron chi connectivity index (χ0n) is 11.9. The lowest BCUT2D eigenvalue weighted by Gasteiger charge is -2.37. The molecule has 2 nitrogen and oxygen atoms in total. The van der Waals surface area contributed by atoms with Crippen LogP contribution in [0.5, 0.6) is 0 Å². The summed E-state index contributed by atoms with van der Waals surface area (Å²) in [6.07, 6.45) is 3.26. The van der Waals surface area contributed by atoms with Crippen molar-refractivity contribution in [2.75, 3.05) is 7.05 Å². The molecule has 0 radical (unpaired) electrons. The first-order valence-electron chi connectivity index (χ1n) is 7.03. The van der Waals surface area contributed by atoms with E-state index in [1.807, 2.05) is 36.2 Å². The average Bonchev–Trinajstić information content (AvgIpc) is 2.29. The minimum atomic E-state index is 0.0572. The molecule has 3 heteroatoms. The Morgan fingerprint density at radius 2 is 1.95 bits per heavy atom. The van der Waals surface area contributed by atoms with Crippen molar-refractivity contribution in [2.45, 2.75) is 39.2 Å². The zero-order valence-corrected chi connectivity index (χ0v) is 12.7. The molecule has 0 aliphatic heterocycles. The van der Waals surface area contributed by atoms with Crippen LogP contribution in [-0.2, 0) is 4.79 Å². The summed E-state index contributed by atoms with van der Waals surface area (Å²) in [6, 6.07) is 7.89. The van der Waals surface area contributed by atoms with Gasteiger partial charge in [-0.25, -0.2) is 0 Å². The summed E-state index contributed by atoms with van der Waals surface area (Å²) >= 11 is 6.30. The van der Waals surface area contributed by atoms with Gasteiger partial charge in [-0.15, -0.1) is 0 Å². The van der Waals surface area contributed by atoms with Gasteiger partial charge in [-0.05, 0) is 30.4 Å². The second kappa shape index (κ2) is 5.96. The van der Waals surface area contributed by atoms with Crippen LogP contribution in [0.3, 0.4) is 0 Å². The number of rotatable bonds is 4. The molecule has 1 aliphatic carbocycles. The standard InChI is InChI=1S/C16H22ClNO/c1-11(2)15(13-9-4-5-10-14(13)17)18(3)16(19)12-7-6-8-12/h4-5,9-12,15H,6-8H2,1-3H3. The maximum absolute atomic E-state index is 12.4. The fourth-order valence-corrected chi connectivity index (χ4v) is 3.06. The van der Waals surface area contributed by atoms with Crippen LogP contribution < -0.4 is 0 Å². The number of nitrogens with zero attached hydrogens (tertiary/aromatic N) is 1. The number of halogens is 1. The van der Waals surface area contributed by atoms with Crippen LogP contribution in [0.2, 0.25) is 5.02 Å². The Kier molecular flexibility index (Phi) is 4.51. The van der Waals surface area contributed by atoms with E-state index in [0.717, 1.165) is 23.4 Å². The first kappa shape index (κ1) is 14.4. The van der Waals surface area contributed by atoms with Crippen LogP contribution in [0.15, 0.2) is 24.3 Å². The molecule has 1 unspecified atom stereocenters. The van der Waals surface area contributed by atoms with E-state index in [4.69, 9.17) is 11.6 Å². The number of carbonyl (C=O) groups excluding carboxylic acids is 1. The van der Waals surface area contributed by atoms with Crippen molar-refractivity contribution in [3.05, 3.63) is 34.9 Å².